The van der Waals surface area contributed by atoms with Crippen LogP contribution in [0.1, 0.15) is 17.8 Å². The molecule has 0 saturated heterocycles. The lowest BCUT2D eigenvalue weighted by Crippen LogP contribution is -2.37. The van der Waals surface area contributed by atoms with Crippen molar-refractivity contribution in [3.05, 3.63) is 59.4 Å². The summed E-state index contributed by atoms with van der Waals surface area (Å²) in [5.41, 5.74) is 2.16. The van der Waals surface area contributed by atoms with E-state index in [9.17, 15) is 0 Å². The molecule has 1 atom stereocenters. The number of benzene rings is 1. The van der Waals surface area contributed by atoms with Crippen molar-refractivity contribution in [3.8, 4) is 5.69 Å². The van der Waals surface area contributed by atoms with Gasteiger partial charge in [0.25, 0.3) is 0 Å². The first-order chi connectivity index (χ1) is 11.3. The van der Waals surface area contributed by atoms with Crippen LogP contribution in [-0.2, 0) is 19.5 Å². The third-order valence-corrected chi connectivity index (χ3v) is 4.38. The molecule has 3 heterocycles. The molecule has 7 heteroatoms. The van der Waals surface area contributed by atoms with Crippen LogP contribution in [0.15, 0.2) is 43.0 Å². The van der Waals surface area contributed by atoms with Gasteiger partial charge in [0.1, 0.15) is 12.2 Å². The topological polar surface area (TPSA) is 60.6 Å². The minimum Gasteiger partial charge on any atom is -0.308 e. The second-order valence-corrected chi connectivity index (χ2v) is 6.18. The Morgan fingerprint density at radius 1 is 1.22 bits per heavy atom. The minimum absolute atomic E-state index is 0.420. The molecule has 0 unspecified atom stereocenters. The van der Waals surface area contributed by atoms with E-state index < -0.39 is 0 Å². The molecule has 1 aromatic carbocycles. The molecule has 0 fully saturated rings. The van der Waals surface area contributed by atoms with Crippen LogP contribution < -0.4 is 5.32 Å². The quantitative estimate of drug-likeness (QED) is 0.797. The molecule has 3 aromatic rings. The molecule has 6 nitrogen and oxygen atoms in total. The molecule has 23 heavy (non-hydrogen) atoms. The number of hydrogen-bond donors (Lipinski definition) is 1. The molecule has 2 aromatic heterocycles. The first-order valence-electron chi connectivity index (χ1n) is 7.67. The zero-order valence-corrected chi connectivity index (χ0v) is 13.3. The van der Waals surface area contributed by atoms with Crippen molar-refractivity contribution in [1.29, 1.82) is 0 Å². The third kappa shape index (κ3) is 3.13. The van der Waals surface area contributed by atoms with E-state index in [1.54, 1.807) is 6.33 Å². The predicted octanol–water partition coefficient (Wildman–Crippen LogP) is 2.22. The van der Waals surface area contributed by atoms with E-state index in [-0.39, 0.29) is 0 Å². The Bertz CT molecular complexity index is 791. The lowest BCUT2D eigenvalue weighted by atomic mass is 10.1. The number of fused-ring (bicyclic) bond motifs is 1. The Hall–Kier alpha value is -2.18. The number of nitrogens with zero attached hydrogens (tertiary/aromatic N) is 5. The normalized spacial score (nSPS) is 17.2. The summed E-state index contributed by atoms with van der Waals surface area (Å²) in [6.07, 6.45) is 7.63. The summed E-state index contributed by atoms with van der Waals surface area (Å²) in [5, 5.41) is 13.0. The van der Waals surface area contributed by atoms with Gasteiger partial charge in [0.15, 0.2) is 0 Å². The Labute approximate surface area is 139 Å². The summed E-state index contributed by atoms with van der Waals surface area (Å²) >= 11 is 5.92. The molecule has 1 N–H and O–H groups in total. The van der Waals surface area contributed by atoms with Crippen molar-refractivity contribution >= 4 is 11.6 Å². The van der Waals surface area contributed by atoms with Crippen LogP contribution in [0.3, 0.4) is 0 Å². The monoisotopic (exact) mass is 328 g/mol. The molecule has 1 aliphatic rings. The number of hydrogen-bond acceptors (Lipinski definition) is 4. The maximum absolute atomic E-state index is 5.92. The van der Waals surface area contributed by atoms with Crippen molar-refractivity contribution in [2.45, 2.75) is 32.0 Å². The van der Waals surface area contributed by atoms with Gasteiger partial charge in [0, 0.05) is 35.8 Å². The fraction of sp³-hybridized carbons (Fsp3) is 0.312. The molecular weight excluding hydrogens is 312 g/mol. The molecule has 4 rings (SSSR count). The first-order valence-corrected chi connectivity index (χ1v) is 8.05. The van der Waals surface area contributed by atoms with Crippen LogP contribution in [0.4, 0.5) is 0 Å². The molecule has 1 aliphatic heterocycles. The Morgan fingerprint density at radius 2 is 2.09 bits per heavy atom. The van der Waals surface area contributed by atoms with E-state index in [1.807, 2.05) is 46.0 Å². The van der Waals surface area contributed by atoms with Gasteiger partial charge in [-0.2, -0.15) is 10.2 Å². The van der Waals surface area contributed by atoms with E-state index in [2.05, 4.69) is 20.5 Å². The average molecular weight is 329 g/mol. The molecule has 118 valence electrons. The van der Waals surface area contributed by atoms with Crippen molar-refractivity contribution in [1.82, 2.24) is 29.9 Å². The summed E-state index contributed by atoms with van der Waals surface area (Å²) in [5.74, 6) is 1.08. The highest BCUT2D eigenvalue weighted by Gasteiger charge is 2.19. The first kappa shape index (κ1) is 14.4. The van der Waals surface area contributed by atoms with E-state index in [1.165, 1.54) is 0 Å². The van der Waals surface area contributed by atoms with Crippen LogP contribution in [0.5, 0.6) is 0 Å². The van der Waals surface area contributed by atoms with Crippen LogP contribution in [0, 0.1) is 0 Å². The summed E-state index contributed by atoms with van der Waals surface area (Å²) in [6, 6.07) is 8.07. The SMILES string of the molecule is Clc1ccc(-n2cc(CN[C@@H]3CCc4ncnn4C3)cn2)cc1. The summed E-state index contributed by atoms with van der Waals surface area (Å²) < 4.78 is 3.85. The second kappa shape index (κ2) is 6.14. The third-order valence-electron chi connectivity index (χ3n) is 4.13. The van der Waals surface area contributed by atoms with Gasteiger partial charge in [-0.05, 0) is 30.7 Å². The van der Waals surface area contributed by atoms with Gasteiger partial charge in [-0.1, -0.05) is 11.6 Å². The zero-order valence-electron chi connectivity index (χ0n) is 12.6. The number of aromatic nitrogens is 5. The van der Waals surface area contributed by atoms with Gasteiger partial charge in [0.05, 0.1) is 18.4 Å². The predicted molar refractivity (Wildman–Crippen MR) is 87.5 cm³/mol. The number of nitrogens with one attached hydrogen (secondary N) is 1. The van der Waals surface area contributed by atoms with Crippen molar-refractivity contribution in [2.75, 3.05) is 0 Å². The van der Waals surface area contributed by atoms with E-state index >= 15 is 0 Å². The van der Waals surface area contributed by atoms with E-state index in [0.29, 0.717) is 6.04 Å². The Balaban J connectivity index is 1.38. The molecule has 0 saturated carbocycles. The summed E-state index contributed by atoms with van der Waals surface area (Å²) in [6.45, 7) is 1.67. The lowest BCUT2D eigenvalue weighted by molar-refractivity contribution is 0.358. The minimum atomic E-state index is 0.420. The van der Waals surface area contributed by atoms with Gasteiger partial charge >= 0.3 is 0 Å². The molecule has 0 amide bonds. The van der Waals surface area contributed by atoms with Crippen LogP contribution in [0.2, 0.25) is 5.02 Å². The molecule has 0 spiro atoms. The molecule has 0 aliphatic carbocycles. The number of aryl methyl sites for hydroxylation is 1. The van der Waals surface area contributed by atoms with E-state index in [0.717, 1.165) is 48.0 Å². The van der Waals surface area contributed by atoms with Crippen molar-refractivity contribution in [3.63, 3.8) is 0 Å². The maximum atomic E-state index is 5.92. The maximum Gasteiger partial charge on any atom is 0.138 e. The zero-order chi connectivity index (χ0) is 15.6. The highest BCUT2D eigenvalue weighted by Crippen LogP contribution is 2.14. The van der Waals surface area contributed by atoms with Gasteiger partial charge < -0.3 is 5.32 Å². The number of rotatable bonds is 4. The van der Waals surface area contributed by atoms with Crippen LogP contribution >= 0.6 is 11.6 Å². The smallest absolute Gasteiger partial charge is 0.138 e. The highest BCUT2D eigenvalue weighted by atomic mass is 35.5. The molecule has 0 radical (unpaired) electrons. The Kier molecular flexibility index (Phi) is 3.85. The lowest BCUT2D eigenvalue weighted by Gasteiger charge is -2.23. The van der Waals surface area contributed by atoms with Crippen LogP contribution in [-0.4, -0.2) is 30.6 Å². The standard InChI is InChI=1S/C16H17ClN6/c17-13-1-4-15(5-2-13)22-9-12(8-20-22)7-18-14-3-6-16-19-11-21-23(16)10-14/h1-2,4-5,8-9,11,14,18H,3,6-7,10H2/t14-/m1/s1. The fourth-order valence-electron chi connectivity index (χ4n) is 2.85. The highest BCUT2D eigenvalue weighted by molar-refractivity contribution is 6.30. The van der Waals surface area contributed by atoms with Crippen molar-refractivity contribution < 1.29 is 0 Å². The van der Waals surface area contributed by atoms with Crippen LogP contribution in [0.25, 0.3) is 5.69 Å². The summed E-state index contributed by atoms with van der Waals surface area (Å²) in [7, 11) is 0. The van der Waals surface area contributed by atoms with Crippen molar-refractivity contribution in [2.24, 2.45) is 0 Å². The Morgan fingerprint density at radius 3 is 2.96 bits per heavy atom. The molecular formula is C16H17ClN6. The number of halogens is 1. The van der Waals surface area contributed by atoms with Gasteiger partial charge in [-0.25, -0.2) is 14.3 Å². The fourth-order valence-corrected chi connectivity index (χ4v) is 2.98. The molecule has 0 bridgehead atoms. The average Bonchev–Trinajstić information content (AvgIpc) is 3.22. The largest absolute Gasteiger partial charge is 0.308 e. The van der Waals surface area contributed by atoms with E-state index in [4.69, 9.17) is 11.6 Å². The van der Waals surface area contributed by atoms with Gasteiger partial charge in [-0.15, -0.1) is 0 Å². The second-order valence-electron chi connectivity index (χ2n) is 5.74. The van der Waals surface area contributed by atoms with Gasteiger partial charge in [-0.3, -0.25) is 0 Å². The summed E-state index contributed by atoms with van der Waals surface area (Å²) in [4.78, 5) is 4.25. The van der Waals surface area contributed by atoms with Gasteiger partial charge in [0.2, 0.25) is 0 Å².